The highest BCUT2D eigenvalue weighted by molar-refractivity contribution is 9.09. The second kappa shape index (κ2) is 7.06. The SMILES string of the molecule is CCCNC(=O)c1ccccc1NC(=O)CBr. The van der Waals surface area contributed by atoms with Gasteiger partial charge in [0.1, 0.15) is 0 Å². The third-order valence-corrected chi connectivity index (χ3v) is 2.61. The molecule has 0 saturated heterocycles. The normalized spacial score (nSPS) is 9.76. The largest absolute Gasteiger partial charge is 0.352 e. The molecule has 0 heterocycles. The van der Waals surface area contributed by atoms with Crippen molar-refractivity contribution in [2.24, 2.45) is 0 Å². The first-order valence-corrected chi connectivity index (χ1v) is 6.54. The van der Waals surface area contributed by atoms with Crippen molar-refractivity contribution in [3.8, 4) is 0 Å². The minimum absolute atomic E-state index is 0.169. The minimum Gasteiger partial charge on any atom is -0.352 e. The van der Waals surface area contributed by atoms with Crippen LogP contribution in [-0.2, 0) is 4.79 Å². The maximum atomic E-state index is 11.8. The monoisotopic (exact) mass is 298 g/mol. The van der Waals surface area contributed by atoms with E-state index < -0.39 is 0 Å². The van der Waals surface area contributed by atoms with E-state index in [-0.39, 0.29) is 17.1 Å². The third-order valence-electron chi connectivity index (χ3n) is 2.10. The molecule has 1 aromatic carbocycles. The Morgan fingerprint density at radius 2 is 2.00 bits per heavy atom. The van der Waals surface area contributed by atoms with E-state index in [0.29, 0.717) is 17.8 Å². The van der Waals surface area contributed by atoms with Crippen LogP contribution in [0.2, 0.25) is 0 Å². The first kappa shape index (κ1) is 13.7. The molecular weight excluding hydrogens is 284 g/mol. The van der Waals surface area contributed by atoms with Crippen LogP contribution in [0.4, 0.5) is 5.69 Å². The number of amides is 2. The molecule has 0 fully saturated rings. The van der Waals surface area contributed by atoms with Crippen molar-refractivity contribution in [2.45, 2.75) is 13.3 Å². The summed E-state index contributed by atoms with van der Waals surface area (Å²) >= 11 is 3.06. The molecule has 1 aromatic rings. The predicted octanol–water partition coefficient (Wildman–Crippen LogP) is 2.16. The lowest BCUT2D eigenvalue weighted by Crippen LogP contribution is -2.25. The number of carbonyl (C=O) groups is 2. The molecule has 1 rings (SSSR count). The zero-order valence-electron chi connectivity index (χ0n) is 9.63. The van der Waals surface area contributed by atoms with Gasteiger partial charge < -0.3 is 10.6 Å². The Balaban J connectivity index is 2.83. The molecule has 2 N–H and O–H groups in total. The fraction of sp³-hybridized carbons (Fsp3) is 0.333. The van der Waals surface area contributed by atoms with Gasteiger partial charge in [-0.2, -0.15) is 0 Å². The average Bonchev–Trinajstić information content (AvgIpc) is 2.36. The Bertz CT molecular complexity index is 407. The average molecular weight is 299 g/mol. The molecule has 0 saturated carbocycles. The second-order valence-corrected chi connectivity index (χ2v) is 4.04. The van der Waals surface area contributed by atoms with Crippen LogP contribution in [-0.4, -0.2) is 23.7 Å². The van der Waals surface area contributed by atoms with Crippen LogP contribution in [0.5, 0.6) is 0 Å². The molecular formula is C12H15BrN2O2. The molecule has 0 aliphatic rings. The van der Waals surface area contributed by atoms with E-state index in [1.165, 1.54) is 0 Å². The van der Waals surface area contributed by atoms with Crippen molar-refractivity contribution in [2.75, 3.05) is 17.2 Å². The molecule has 5 heteroatoms. The van der Waals surface area contributed by atoms with Gasteiger partial charge in [0.25, 0.3) is 5.91 Å². The lowest BCUT2D eigenvalue weighted by molar-refractivity contribution is -0.113. The Hall–Kier alpha value is -1.36. The lowest BCUT2D eigenvalue weighted by atomic mass is 10.1. The van der Waals surface area contributed by atoms with Gasteiger partial charge in [0.15, 0.2) is 0 Å². The van der Waals surface area contributed by atoms with Crippen molar-refractivity contribution >= 4 is 33.4 Å². The first-order valence-electron chi connectivity index (χ1n) is 5.42. The number of para-hydroxylation sites is 1. The summed E-state index contributed by atoms with van der Waals surface area (Å²) in [5.74, 6) is -0.349. The van der Waals surface area contributed by atoms with Gasteiger partial charge in [-0.3, -0.25) is 9.59 Å². The van der Waals surface area contributed by atoms with Gasteiger partial charge in [-0.1, -0.05) is 35.0 Å². The van der Waals surface area contributed by atoms with Gasteiger partial charge in [0.2, 0.25) is 5.91 Å². The number of hydrogen-bond acceptors (Lipinski definition) is 2. The van der Waals surface area contributed by atoms with Crippen molar-refractivity contribution in [3.05, 3.63) is 29.8 Å². The molecule has 0 aliphatic carbocycles. The van der Waals surface area contributed by atoms with E-state index in [2.05, 4.69) is 26.6 Å². The highest BCUT2D eigenvalue weighted by atomic mass is 79.9. The zero-order chi connectivity index (χ0) is 12.7. The van der Waals surface area contributed by atoms with Crippen molar-refractivity contribution < 1.29 is 9.59 Å². The van der Waals surface area contributed by atoms with Gasteiger partial charge in [-0.15, -0.1) is 0 Å². The summed E-state index contributed by atoms with van der Waals surface area (Å²) in [7, 11) is 0. The molecule has 0 unspecified atom stereocenters. The summed E-state index contributed by atoms with van der Waals surface area (Å²) in [4.78, 5) is 23.1. The summed E-state index contributed by atoms with van der Waals surface area (Å²) in [5.41, 5.74) is 1.01. The number of hydrogen-bond donors (Lipinski definition) is 2. The van der Waals surface area contributed by atoms with Crippen molar-refractivity contribution in [1.82, 2.24) is 5.32 Å². The molecule has 2 amide bonds. The van der Waals surface area contributed by atoms with Crippen LogP contribution in [0.1, 0.15) is 23.7 Å². The summed E-state index contributed by atoms with van der Waals surface area (Å²) in [6.07, 6.45) is 0.877. The third kappa shape index (κ3) is 4.19. The standard InChI is InChI=1S/C12H15BrN2O2/c1-2-7-14-12(17)9-5-3-4-6-10(9)15-11(16)8-13/h3-6H,2,7-8H2,1H3,(H,14,17)(H,15,16). The van der Waals surface area contributed by atoms with Crippen LogP contribution in [0, 0.1) is 0 Å². The van der Waals surface area contributed by atoms with E-state index in [1.807, 2.05) is 6.92 Å². The van der Waals surface area contributed by atoms with E-state index >= 15 is 0 Å². The van der Waals surface area contributed by atoms with E-state index in [1.54, 1.807) is 24.3 Å². The fourth-order valence-electron chi connectivity index (χ4n) is 1.31. The fourth-order valence-corrected chi connectivity index (χ4v) is 1.45. The van der Waals surface area contributed by atoms with Gasteiger partial charge >= 0.3 is 0 Å². The summed E-state index contributed by atoms with van der Waals surface area (Å²) in [6, 6.07) is 6.95. The van der Waals surface area contributed by atoms with E-state index in [4.69, 9.17) is 0 Å². The van der Waals surface area contributed by atoms with E-state index in [0.717, 1.165) is 6.42 Å². The molecule has 92 valence electrons. The molecule has 0 radical (unpaired) electrons. The Morgan fingerprint density at radius 1 is 1.29 bits per heavy atom. The number of benzene rings is 1. The number of nitrogens with one attached hydrogen (secondary N) is 2. The number of rotatable bonds is 5. The topological polar surface area (TPSA) is 58.2 Å². The van der Waals surface area contributed by atoms with Crippen molar-refractivity contribution in [3.63, 3.8) is 0 Å². The van der Waals surface area contributed by atoms with Crippen LogP contribution in [0.3, 0.4) is 0 Å². The Morgan fingerprint density at radius 3 is 2.65 bits per heavy atom. The molecule has 17 heavy (non-hydrogen) atoms. The van der Waals surface area contributed by atoms with Gasteiger partial charge in [0.05, 0.1) is 16.6 Å². The number of halogens is 1. The second-order valence-electron chi connectivity index (χ2n) is 3.48. The van der Waals surface area contributed by atoms with Crippen LogP contribution in [0.25, 0.3) is 0 Å². The zero-order valence-corrected chi connectivity index (χ0v) is 11.2. The van der Waals surface area contributed by atoms with Crippen LogP contribution < -0.4 is 10.6 Å². The molecule has 4 nitrogen and oxygen atoms in total. The van der Waals surface area contributed by atoms with Crippen LogP contribution >= 0.6 is 15.9 Å². The summed E-state index contributed by atoms with van der Waals surface area (Å²) in [5, 5.41) is 5.66. The number of anilines is 1. The quantitative estimate of drug-likeness (QED) is 0.819. The minimum atomic E-state index is -0.180. The highest BCUT2D eigenvalue weighted by Crippen LogP contribution is 2.14. The lowest BCUT2D eigenvalue weighted by Gasteiger charge is -2.10. The molecule has 0 aromatic heterocycles. The molecule has 0 bridgehead atoms. The van der Waals surface area contributed by atoms with Gasteiger partial charge in [-0.25, -0.2) is 0 Å². The predicted molar refractivity (Wildman–Crippen MR) is 71.5 cm³/mol. The van der Waals surface area contributed by atoms with Gasteiger partial charge in [0, 0.05) is 6.54 Å². The number of carbonyl (C=O) groups excluding carboxylic acids is 2. The highest BCUT2D eigenvalue weighted by Gasteiger charge is 2.11. The van der Waals surface area contributed by atoms with Crippen molar-refractivity contribution in [1.29, 1.82) is 0 Å². The smallest absolute Gasteiger partial charge is 0.253 e. The van der Waals surface area contributed by atoms with Crippen LogP contribution in [0.15, 0.2) is 24.3 Å². The first-order chi connectivity index (χ1) is 8.19. The summed E-state index contributed by atoms with van der Waals surface area (Å²) < 4.78 is 0. The number of alkyl halides is 1. The Kier molecular flexibility index (Phi) is 5.69. The molecule has 0 atom stereocenters. The molecule has 0 aliphatic heterocycles. The van der Waals surface area contributed by atoms with E-state index in [9.17, 15) is 9.59 Å². The van der Waals surface area contributed by atoms with Gasteiger partial charge in [-0.05, 0) is 18.6 Å². The maximum Gasteiger partial charge on any atom is 0.253 e. The maximum absolute atomic E-state index is 11.8. The Labute approximate surface area is 109 Å². The summed E-state index contributed by atoms with van der Waals surface area (Å²) in [6.45, 7) is 2.61. The molecule has 0 spiro atoms.